The first-order chi connectivity index (χ1) is 8.50. The van der Waals surface area contributed by atoms with Crippen molar-refractivity contribution in [2.75, 3.05) is 6.54 Å². The van der Waals surface area contributed by atoms with E-state index in [4.69, 9.17) is 0 Å². The normalized spacial score (nSPS) is 17.6. The molecule has 0 unspecified atom stereocenters. The largest absolute Gasteiger partial charge is 0.388 e. The number of hydrogen-bond donors (Lipinski definition) is 3. The lowest BCUT2D eigenvalue weighted by molar-refractivity contribution is -0.389. The summed E-state index contributed by atoms with van der Waals surface area (Å²) < 4.78 is 0. The first kappa shape index (κ1) is 12.6. The predicted molar refractivity (Wildman–Crippen MR) is 63.2 cm³/mol. The Morgan fingerprint density at radius 1 is 1.50 bits per heavy atom. The van der Waals surface area contributed by atoms with E-state index >= 15 is 0 Å². The maximum absolute atomic E-state index is 11.7. The smallest absolute Gasteiger partial charge is 0.321 e. The maximum Gasteiger partial charge on any atom is 0.321 e. The average molecular weight is 253 g/mol. The van der Waals surface area contributed by atoms with Gasteiger partial charge in [0.05, 0.1) is 5.60 Å². The van der Waals surface area contributed by atoms with Gasteiger partial charge in [0.25, 0.3) is 5.91 Å². The molecule has 1 saturated carbocycles. The lowest BCUT2D eigenvalue weighted by atomic mass is 10.0. The monoisotopic (exact) mass is 253 g/mol. The summed E-state index contributed by atoms with van der Waals surface area (Å²) in [5.41, 5.74) is -0.697. The van der Waals surface area contributed by atoms with Crippen molar-refractivity contribution < 1.29 is 14.8 Å². The van der Waals surface area contributed by atoms with E-state index in [-0.39, 0.29) is 18.1 Å². The van der Waals surface area contributed by atoms with E-state index in [1.807, 2.05) is 0 Å². The molecule has 1 heterocycles. The minimum Gasteiger partial charge on any atom is -0.388 e. The molecule has 98 valence electrons. The molecule has 7 nitrogen and oxygen atoms in total. The fourth-order valence-electron chi connectivity index (χ4n) is 2.17. The minimum atomic E-state index is -0.825. The molecule has 7 heteroatoms. The van der Waals surface area contributed by atoms with Gasteiger partial charge in [0.2, 0.25) is 0 Å². The summed E-state index contributed by atoms with van der Waals surface area (Å²) in [6, 6.07) is 2.59. The number of aromatic nitrogens is 1. The fourth-order valence-corrected chi connectivity index (χ4v) is 2.17. The van der Waals surface area contributed by atoms with E-state index in [1.54, 1.807) is 0 Å². The predicted octanol–water partition coefficient (Wildman–Crippen LogP) is 0.958. The summed E-state index contributed by atoms with van der Waals surface area (Å²) in [4.78, 5) is 24.0. The van der Waals surface area contributed by atoms with Gasteiger partial charge in [-0.05, 0) is 23.8 Å². The number of aliphatic hydroxyl groups is 1. The molecular formula is C11H15N3O4. The Kier molecular flexibility index (Phi) is 3.33. The van der Waals surface area contributed by atoms with Crippen LogP contribution in [0.15, 0.2) is 12.1 Å². The van der Waals surface area contributed by atoms with Crippen molar-refractivity contribution >= 4 is 11.7 Å². The van der Waals surface area contributed by atoms with E-state index in [9.17, 15) is 20.0 Å². The molecule has 0 aliphatic heterocycles. The molecule has 0 saturated heterocycles. The fraction of sp³-hybridized carbons (Fsp3) is 0.545. The molecule has 1 aromatic rings. The summed E-state index contributed by atoms with van der Waals surface area (Å²) in [7, 11) is 0. The number of nitrogens with one attached hydrogen (secondary N) is 2. The van der Waals surface area contributed by atoms with Crippen molar-refractivity contribution in [1.82, 2.24) is 10.3 Å². The van der Waals surface area contributed by atoms with Gasteiger partial charge in [-0.25, -0.2) is 4.98 Å². The van der Waals surface area contributed by atoms with Crippen LogP contribution in [0.2, 0.25) is 0 Å². The molecule has 0 radical (unpaired) electrons. The third-order valence-corrected chi connectivity index (χ3v) is 3.22. The minimum absolute atomic E-state index is 0.128. The van der Waals surface area contributed by atoms with Crippen LogP contribution in [0.5, 0.6) is 0 Å². The second-order valence-corrected chi connectivity index (χ2v) is 4.63. The van der Waals surface area contributed by atoms with Gasteiger partial charge in [0.15, 0.2) is 5.69 Å². The van der Waals surface area contributed by atoms with Gasteiger partial charge in [-0.15, -0.1) is 0 Å². The number of aromatic amines is 1. The molecule has 3 N–H and O–H groups in total. The highest BCUT2D eigenvalue weighted by atomic mass is 16.6. The van der Waals surface area contributed by atoms with Crippen LogP contribution in [0.1, 0.15) is 36.2 Å². The Bertz CT molecular complexity index is 463. The van der Waals surface area contributed by atoms with Crippen molar-refractivity contribution in [2.24, 2.45) is 0 Å². The Hall–Kier alpha value is -1.89. The number of rotatable bonds is 4. The molecule has 0 aromatic carbocycles. The molecule has 1 aliphatic carbocycles. The third kappa shape index (κ3) is 2.67. The zero-order valence-corrected chi connectivity index (χ0v) is 9.81. The summed E-state index contributed by atoms with van der Waals surface area (Å²) in [6.07, 6.45) is 3.27. The van der Waals surface area contributed by atoms with Gasteiger partial charge in [-0.2, -0.15) is 0 Å². The molecule has 1 aliphatic rings. The van der Waals surface area contributed by atoms with Crippen LogP contribution in [0, 0.1) is 10.1 Å². The highest BCUT2D eigenvalue weighted by Gasteiger charge is 2.31. The first-order valence-electron chi connectivity index (χ1n) is 5.84. The van der Waals surface area contributed by atoms with Crippen LogP contribution in [0.4, 0.5) is 5.82 Å². The summed E-state index contributed by atoms with van der Waals surface area (Å²) in [5.74, 6) is -0.664. The van der Waals surface area contributed by atoms with Gasteiger partial charge in [-0.1, -0.05) is 12.8 Å². The Morgan fingerprint density at radius 3 is 2.72 bits per heavy atom. The van der Waals surface area contributed by atoms with E-state index in [0.717, 1.165) is 12.8 Å². The lowest BCUT2D eigenvalue weighted by Gasteiger charge is -2.21. The number of H-pyrrole nitrogens is 1. The number of amides is 1. The zero-order valence-electron chi connectivity index (χ0n) is 9.81. The summed E-state index contributed by atoms with van der Waals surface area (Å²) in [5, 5.41) is 23.1. The lowest BCUT2D eigenvalue weighted by Crippen LogP contribution is -2.40. The summed E-state index contributed by atoms with van der Waals surface area (Å²) >= 11 is 0. The Balaban J connectivity index is 1.93. The molecule has 2 rings (SSSR count). The van der Waals surface area contributed by atoms with E-state index in [0.29, 0.717) is 12.8 Å². The van der Waals surface area contributed by atoms with Gasteiger partial charge >= 0.3 is 5.82 Å². The van der Waals surface area contributed by atoms with Crippen LogP contribution in [0.25, 0.3) is 0 Å². The van der Waals surface area contributed by atoms with Crippen molar-refractivity contribution in [1.29, 1.82) is 0 Å². The van der Waals surface area contributed by atoms with Gasteiger partial charge in [0.1, 0.15) is 0 Å². The highest BCUT2D eigenvalue weighted by molar-refractivity contribution is 5.92. The standard InChI is InChI=1S/C11H15N3O4/c15-10(8-3-4-9(13-8)14(17)18)12-7-11(16)5-1-2-6-11/h3-4,13,16H,1-2,5-7H2,(H,12,15). The van der Waals surface area contributed by atoms with Crippen LogP contribution >= 0.6 is 0 Å². The topological polar surface area (TPSA) is 108 Å². The number of nitrogens with zero attached hydrogens (tertiary/aromatic N) is 1. The van der Waals surface area contributed by atoms with Crippen molar-refractivity contribution in [3.8, 4) is 0 Å². The number of nitro groups is 1. The zero-order chi connectivity index (χ0) is 13.2. The molecule has 0 bridgehead atoms. The van der Waals surface area contributed by atoms with Crippen LogP contribution < -0.4 is 5.32 Å². The molecule has 1 fully saturated rings. The molecule has 18 heavy (non-hydrogen) atoms. The van der Waals surface area contributed by atoms with Gasteiger partial charge in [-0.3, -0.25) is 4.79 Å². The van der Waals surface area contributed by atoms with E-state index in [1.165, 1.54) is 12.1 Å². The van der Waals surface area contributed by atoms with Crippen molar-refractivity contribution in [3.63, 3.8) is 0 Å². The van der Waals surface area contributed by atoms with E-state index < -0.39 is 16.4 Å². The number of carbonyl (C=O) groups excluding carboxylic acids is 1. The summed E-state index contributed by atoms with van der Waals surface area (Å²) in [6.45, 7) is 0.179. The average Bonchev–Trinajstić information content (AvgIpc) is 2.95. The van der Waals surface area contributed by atoms with Crippen LogP contribution in [-0.4, -0.2) is 33.1 Å². The molecule has 1 amide bonds. The third-order valence-electron chi connectivity index (χ3n) is 3.22. The van der Waals surface area contributed by atoms with Crippen molar-refractivity contribution in [3.05, 3.63) is 27.9 Å². The maximum atomic E-state index is 11.7. The molecule has 1 aromatic heterocycles. The Morgan fingerprint density at radius 2 is 2.17 bits per heavy atom. The SMILES string of the molecule is O=C(NCC1(O)CCCC1)c1ccc([N+](=O)[O-])[nH]1. The first-order valence-corrected chi connectivity index (χ1v) is 5.84. The quantitative estimate of drug-likeness (QED) is 0.548. The number of carbonyl (C=O) groups is 1. The molecule has 0 atom stereocenters. The van der Waals surface area contributed by atoms with Crippen LogP contribution in [0.3, 0.4) is 0 Å². The second-order valence-electron chi connectivity index (χ2n) is 4.63. The molecular weight excluding hydrogens is 238 g/mol. The second kappa shape index (κ2) is 4.77. The van der Waals surface area contributed by atoms with Crippen LogP contribution in [-0.2, 0) is 0 Å². The van der Waals surface area contributed by atoms with Crippen molar-refractivity contribution in [2.45, 2.75) is 31.3 Å². The Labute approximate surface area is 103 Å². The van der Waals surface area contributed by atoms with Gasteiger partial charge < -0.3 is 20.5 Å². The van der Waals surface area contributed by atoms with E-state index in [2.05, 4.69) is 10.3 Å². The number of hydrogen-bond acceptors (Lipinski definition) is 4. The van der Waals surface area contributed by atoms with Gasteiger partial charge in [0, 0.05) is 12.6 Å². The molecule has 0 spiro atoms. The highest BCUT2D eigenvalue weighted by Crippen LogP contribution is 2.28.